The number of fused-ring (bicyclic) bond motifs is 3. The molecule has 7 N–H and O–H groups in total. The van der Waals surface area contributed by atoms with Crippen LogP contribution in [-0.4, -0.2) is 84.8 Å². The number of aliphatic hydroxyl groups excluding tert-OH is 6. The molecule has 0 amide bonds. The van der Waals surface area contributed by atoms with Gasteiger partial charge in [0.1, 0.15) is 5.60 Å². The van der Waals surface area contributed by atoms with Gasteiger partial charge >= 0.3 is 0 Å². The molecular weight excluding hydrogens is 536 g/mol. The third-order valence-electron chi connectivity index (χ3n) is 13.5. The summed E-state index contributed by atoms with van der Waals surface area (Å²) in [5, 5.41) is 79.9. The highest BCUT2D eigenvalue weighted by atomic mass is 16.6. The van der Waals surface area contributed by atoms with Gasteiger partial charge in [0.15, 0.2) is 6.29 Å². The number of aliphatic hydroxyl groups is 7. The standard InChI is InChI=1S/C34H60O8/c1-6-13-42-25(37)14-20-7-9-21(10-8-20)22-11-12-24(36)27-23(22)16-32(4)17-33(5)15-18(2)26(19(3)35)30(39)34(33,41)31(40)28(32)29(27)38/h18-31,35-41H,6-17H2,1-5H3. The Kier molecular flexibility index (Phi) is 9.54. The molecule has 0 aromatic carbocycles. The number of rotatable bonds is 7. The van der Waals surface area contributed by atoms with Crippen LogP contribution in [0.25, 0.3) is 0 Å². The van der Waals surface area contributed by atoms with Gasteiger partial charge in [-0.05, 0) is 106 Å². The van der Waals surface area contributed by atoms with E-state index in [1.165, 1.54) is 0 Å². The van der Waals surface area contributed by atoms with Gasteiger partial charge in [-0.3, -0.25) is 0 Å². The van der Waals surface area contributed by atoms with E-state index >= 15 is 0 Å². The Morgan fingerprint density at radius 2 is 1.55 bits per heavy atom. The fourth-order valence-electron chi connectivity index (χ4n) is 11.9. The second-order valence-electron chi connectivity index (χ2n) is 16.2. The van der Waals surface area contributed by atoms with Crippen LogP contribution < -0.4 is 0 Å². The average Bonchev–Trinajstić information content (AvgIpc) is 2.90. The smallest absolute Gasteiger partial charge is 0.154 e. The molecule has 5 rings (SSSR count). The lowest BCUT2D eigenvalue weighted by Gasteiger charge is -2.69. The second kappa shape index (κ2) is 12.1. The van der Waals surface area contributed by atoms with Gasteiger partial charge in [0.2, 0.25) is 0 Å². The molecule has 5 fully saturated rings. The first-order valence-electron chi connectivity index (χ1n) is 17.1. The molecule has 15 unspecified atom stereocenters. The van der Waals surface area contributed by atoms with E-state index in [2.05, 4.69) is 6.92 Å². The molecule has 0 saturated heterocycles. The van der Waals surface area contributed by atoms with Gasteiger partial charge in [0.25, 0.3) is 0 Å². The average molecular weight is 597 g/mol. The van der Waals surface area contributed by atoms with Crippen LogP contribution in [0.5, 0.6) is 0 Å². The lowest BCUT2D eigenvalue weighted by molar-refractivity contribution is -0.333. The van der Waals surface area contributed by atoms with Gasteiger partial charge in [0, 0.05) is 36.2 Å². The van der Waals surface area contributed by atoms with E-state index in [1.807, 2.05) is 20.8 Å². The molecule has 5 aliphatic carbocycles. The van der Waals surface area contributed by atoms with Gasteiger partial charge in [-0.15, -0.1) is 0 Å². The zero-order chi connectivity index (χ0) is 30.8. The summed E-state index contributed by atoms with van der Waals surface area (Å²) in [4.78, 5) is 0. The summed E-state index contributed by atoms with van der Waals surface area (Å²) >= 11 is 0. The molecule has 5 aliphatic rings. The van der Waals surface area contributed by atoms with Crippen molar-refractivity contribution in [2.75, 3.05) is 6.61 Å². The van der Waals surface area contributed by atoms with Crippen molar-refractivity contribution in [2.24, 2.45) is 58.2 Å². The largest absolute Gasteiger partial charge is 0.393 e. The van der Waals surface area contributed by atoms with Crippen LogP contribution in [0, 0.1) is 58.2 Å². The van der Waals surface area contributed by atoms with Crippen LogP contribution in [0.15, 0.2) is 0 Å². The van der Waals surface area contributed by atoms with Crippen molar-refractivity contribution >= 4 is 0 Å². The topological polar surface area (TPSA) is 151 Å². The van der Waals surface area contributed by atoms with E-state index in [0.29, 0.717) is 50.0 Å². The molecule has 0 aromatic rings. The summed E-state index contributed by atoms with van der Waals surface area (Å²) in [7, 11) is 0. The Bertz CT molecular complexity index is 923. The zero-order valence-corrected chi connectivity index (χ0v) is 26.6. The molecular formula is C34H60O8. The first-order valence-corrected chi connectivity index (χ1v) is 17.1. The molecule has 42 heavy (non-hydrogen) atoms. The SMILES string of the molecule is CCCOC(O)CC1CCC(C2CCC(O)C3C(O)C4C(O)C5(O)C(O)C(C(C)O)C(C)CC5(C)CC4(C)CC23)CC1. The predicted molar refractivity (Wildman–Crippen MR) is 159 cm³/mol. The normalized spacial score (nSPS) is 54.3. The van der Waals surface area contributed by atoms with Gasteiger partial charge in [0.05, 0.1) is 30.5 Å². The summed E-state index contributed by atoms with van der Waals surface area (Å²) in [5.74, 6) is -0.196. The first kappa shape index (κ1) is 33.1. The van der Waals surface area contributed by atoms with E-state index in [-0.39, 0.29) is 17.8 Å². The third kappa shape index (κ3) is 5.32. The summed E-state index contributed by atoms with van der Waals surface area (Å²) in [6.07, 6.45) is 3.44. The van der Waals surface area contributed by atoms with Gasteiger partial charge in [-0.2, -0.15) is 0 Å². The molecule has 0 spiro atoms. The van der Waals surface area contributed by atoms with E-state index in [4.69, 9.17) is 4.74 Å². The summed E-state index contributed by atoms with van der Waals surface area (Å²) < 4.78 is 5.52. The molecule has 0 aliphatic heterocycles. The Morgan fingerprint density at radius 1 is 0.881 bits per heavy atom. The molecule has 8 heteroatoms. The number of ether oxygens (including phenoxy) is 1. The number of hydrogen-bond acceptors (Lipinski definition) is 8. The maximum absolute atomic E-state index is 12.2. The van der Waals surface area contributed by atoms with Crippen molar-refractivity contribution in [3.05, 3.63) is 0 Å². The summed E-state index contributed by atoms with van der Waals surface area (Å²) in [6, 6.07) is 0. The molecule has 0 radical (unpaired) electrons. The second-order valence-corrected chi connectivity index (χ2v) is 16.2. The van der Waals surface area contributed by atoms with E-state index in [9.17, 15) is 35.7 Å². The number of hydrogen-bond donors (Lipinski definition) is 7. The molecule has 5 saturated carbocycles. The quantitative estimate of drug-likeness (QED) is 0.222. The minimum Gasteiger partial charge on any atom is -0.393 e. The molecule has 15 atom stereocenters. The maximum atomic E-state index is 12.2. The highest BCUT2D eigenvalue weighted by Crippen LogP contribution is 2.68. The third-order valence-corrected chi connectivity index (χ3v) is 13.5. The molecule has 0 aromatic heterocycles. The van der Waals surface area contributed by atoms with Gasteiger partial charge in [-0.1, -0.05) is 27.7 Å². The fraction of sp³-hybridized carbons (Fsp3) is 1.00. The lowest BCUT2D eigenvalue weighted by Crippen LogP contribution is -2.78. The van der Waals surface area contributed by atoms with Crippen molar-refractivity contribution in [3.8, 4) is 0 Å². The van der Waals surface area contributed by atoms with Crippen LogP contribution >= 0.6 is 0 Å². The highest BCUT2D eigenvalue weighted by Gasteiger charge is 2.73. The van der Waals surface area contributed by atoms with Gasteiger partial charge < -0.3 is 40.5 Å². The Hall–Kier alpha value is -0.320. The van der Waals surface area contributed by atoms with Crippen LogP contribution in [0.3, 0.4) is 0 Å². The van der Waals surface area contributed by atoms with Crippen molar-refractivity contribution in [3.63, 3.8) is 0 Å². The highest BCUT2D eigenvalue weighted by molar-refractivity contribution is 5.22. The first-order chi connectivity index (χ1) is 19.7. The minimum absolute atomic E-state index is 0.0378. The van der Waals surface area contributed by atoms with Crippen LogP contribution in [-0.2, 0) is 4.74 Å². The van der Waals surface area contributed by atoms with Crippen molar-refractivity contribution in [1.82, 2.24) is 0 Å². The van der Waals surface area contributed by atoms with E-state index in [1.54, 1.807) is 6.92 Å². The van der Waals surface area contributed by atoms with Crippen molar-refractivity contribution < 1.29 is 40.5 Å². The fourth-order valence-corrected chi connectivity index (χ4v) is 11.9. The molecule has 0 heterocycles. The molecule has 8 nitrogen and oxygen atoms in total. The summed E-state index contributed by atoms with van der Waals surface area (Å²) in [5.41, 5.74) is -3.11. The van der Waals surface area contributed by atoms with Crippen LogP contribution in [0.1, 0.15) is 105 Å². The van der Waals surface area contributed by atoms with E-state index < -0.39 is 65.1 Å². The maximum Gasteiger partial charge on any atom is 0.154 e. The van der Waals surface area contributed by atoms with Crippen molar-refractivity contribution in [1.29, 1.82) is 0 Å². The van der Waals surface area contributed by atoms with Gasteiger partial charge in [-0.25, -0.2) is 0 Å². The minimum atomic E-state index is -1.86. The van der Waals surface area contributed by atoms with Crippen molar-refractivity contribution in [2.45, 2.75) is 148 Å². The monoisotopic (exact) mass is 596 g/mol. The van der Waals surface area contributed by atoms with Crippen LogP contribution in [0.2, 0.25) is 0 Å². The predicted octanol–water partition coefficient (Wildman–Crippen LogP) is 3.22. The Labute approximate surface area is 252 Å². The Balaban J connectivity index is 1.37. The Morgan fingerprint density at radius 3 is 2.17 bits per heavy atom. The summed E-state index contributed by atoms with van der Waals surface area (Å²) in [6.45, 7) is 10.4. The molecule has 0 bridgehead atoms. The lowest BCUT2D eigenvalue weighted by atomic mass is 9.38. The van der Waals surface area contributed by atoms with E-state index in [0.717, 1.165) is 44.9 Å². The van der Waals surface area contributed by atoms with Crippen LogP contribution in [0.4, 0.5) is 0 Å². The molecule has 244 valence electrons. The zero-order valence-electron chi connectivity index (χ0n) is 26.6.